The van der Waals surface area contributed by atoms with Crippen molar-refractivity contribution in [2.24, 2.45) is 0 Å². The van der Waals surface area contributed by atoms with Gasteiger partial charge in [-0.3, -0.25) is 4.79 Å². The largest absolute Gasteiger partial charge is 0.488 e. The lowest BCUT2D eigenvalue weighted by Gasteiger charge is -2.11. The first-order valence-corrected chi connectivity index (χ1v) is 9.98. The highest BCUT2D eigenvalue weighted by Gasteiger charge is 2.30. The number of nitrogens with zero attached hydrogens (tertiary/aromatic N) is 1. The molecular formula is C22H19F3N2O3S. The molecule has 1 aromatic heterocycles. The van der Waals surface area contributed by atoms with Gasteiger partial charge in [-0.2, -0.15) is 13.2 Å². The maximum absolute atomic E-state index is 12.7. The highest BCUT2D eigenvalue weighted by Crippen LogP contribution is 2.33. The fourth-order valence-corrected chi connectivity index (χ4v) is 3.75. The predicted octanol–water partition coefficient (Wildman–Crippen LogP) is 5.86. The number of halogens is 3. The van der Waals surface area contributed by atoms with Crippen LogP contribution in [0.3, 0.4) is 0 Å². The van der Waals surface area contributed by atoms with Crippen molar-refractivity contribution in [3.63, 3.8) is 0 Å². The van der Waals surface area contributed by atoms with Gasteiger partial charge < -0.3 is 15.2 Å². The number of carboxylic acid groups (broad SMARTS) is 1. The third-order valence-electron chi connectivity index (χ3n) is 4.39. The number of rotatable bonds is 8. The minimum Gasteiger partial charge on any atom is -0.488 e. The Morgan fingerprint density at radius 3 is 2.58 bits per heavy atom. The van der Waals surface area contributed by atoms with E-state index in [9.17, 15) is 18.0 Å². The summed E-state index contributed by atoms with van der Waals surface area (Å²) in [6, 6.07) is 10.1. The molecule has 0 aliphatic carbocycles. The quantitative estimate of drug-likeness (QED) is 0.452. The second kappa shape index (κ2) is 9.22. The maximum Gasteiger partial charge on any atom is 0.416 e. The molecule has 3 rings (SSSR count). The van der Waals surface area contributed by atoms with Gasteiger partial charge in [-0.1, -0.05) is 24.8 Å². The highest BCUT2D eigenvalue weighted by molar-refractivity contribution is 7.15. The second-order valence-electron chi connectivity index (χ2n) is 6.59. The molecule has 0 radical (unpaired) electrons. The summed E-state index contributed by atoms with van der Waals surface area (Å²) >= 11 is 1.35. The van der Waals surface area contributed by atoms with Gasteiger partial charge >= 0.3 is 12.1 Å². The first-order valence-electron chi connectivity index (χ1n) is 9.16. The summed E-state index contributed by atoms with van der Waals surface area (Å²) in [6.45, 7) is 5.57. The number of carboxylic acids is 1. The van der Waals surface area contributed by atoms with Crippen LogP contribution in [0.5, 0.6) is 5.75 Å². The molecule has 0 saturated carbocycles. The number of aromatic nitrogens is 1. The SMILES string of the molecule is C=Cc1cc(OCc2sc(-c3ccc(C(F)(F)F)cc3)nc2C)ccc1NCC(=O)O. The number of hydrogen-bond donors (Lipinski definition) is 2. The summed E-state index contributed by atoms with van der Waals surface area (Å²) in [4.78, 5) is 16.0. The van der Waals surface area contributed by atoms with E-state index in [1.165, 1.54) is 23.5 Å². The lowest BCUT2D eigenvalue weighted by Crippen LogP contribution is -2.13. The Morgan fingerprint density at radius 2 is 1.97 bits per heavy atom. The summed E-state index contributed by atoms with van der Waals surface area (Å²) in [5.41, 5.74) is 1.97. The van der Waals surface area contributed by atoms with Gasteiger partial charge in [0.1, 0.15) is 23.9 Å². The molecule has 0 saturated heterocycles. The van der Waals surface area contributed by atoms with Crippen molar-refractivity contribution in [3.05, 3.63) is 70.7 Å². The van der Waals surface area contributed by atoms with Crippen molar-refractivity contribution in [2.75, 3.05) is 11.9 Å². The molecular weight excluding hydrogens is 429 g/mol. The lowest BCUT2D eigenvalue weighted by atomic mass is 10.1. The number of hydrogen-bond acceptors (Lipinski definition) is 5. The first-order chi connectivity index (χ1) is 14.7. The Balaban J connectivity index is 1.71. The zero-order valence-electron chi connectivity index (χ0n) is 16.5. The lowest BCUT2D eigenvalue weighted by molar-refractivity contribution is -0.137. The van der Waals surface area contributed by atoms with E-state index in [-0.39, 0.29) is 13.2 Å². The second-order valence-corrected chi connectivity index (χ2v) is 7.68. The van der Waals surface area contributed by atoms with Gasteiger partial charge in [0.15, 0.2) is 0 Å². The number of aryl methyl sites for hydroxylation is 1. The van der Waals surface area contributed by atoms with Crippen LogP contribution < -0.4 is 10.1 Å². The summed E-state index contributed by atoms with van der Waals surface area (Å²) in [7, 11) is 0. The number of nitrogens with one attached hydrogen (secondary N) is 1. The maximum atomic E-state index is 12.7. The average Bonchev–Trinajstić information content (AvgIpc) is 3.11. The smallest absolute Gasteiger partial charge is 0.416 e. The third kappa shape index (κ3) is 5.64. The standard InChI is InChI=1S/C22H19F3N2O3S/c1-3-14-10-17(8-9-18(14)26-11-20(28)29)30-12-19-13(2)27-21(31-19)15-4-6-16(7-5-15)22(23,24)25/h3-10,26H,1,11-12H2,2H3,(H,28,29). The van der Waals surface area contributed by atoms with E-state index < -0.39 is 17.7 Å². The van der Waals surface area contributed by atoms with Crippen molar-refractivity contribution in [1.29, 1.82) is 0 Å². The highest BCUT2D eigenvalue weighted by atomic mass is 32.1. The number of thiazole rings is 1. The molecule has 0 fully saturated rings. The fraction of sp³-hybridized carbons (Fsp3) is 0.182. The molecule has 9 heteroatoms. The van der Waals surface area contributed by atoms with Crippen LogP contribution in [-0.4, -0.2) is 22.6 Å². The van der Waals surface area contributed by atoms with Crippen LogP contribution in [0.4, 0.5) is 18.9 Å². The van der Waals surface area contributed by atoms with Crippen molar-refractivity contribution in [3.8, 4) is 16.3 Å². The molecule has 0 spiro atoms. The molecule has 0 aliphatic rings. The summed E-state index contributed by atoms with van der Waals surface area (Å²) < 4.78 is 44.1. The molecule has 1 heterocycles. The number of carbonyl (C=O) groups is 1. The molecule has 5 nitrogen and oxygen atoms in total. The zero-order chi connectivity index (χ0) is 22.6. The summed E-state index contributed by atoms with van der Waals surface area (Å²) in [5, 5.41) is 12.2. The number of alkyl halides is 3. The van der Waals surface area contributed by atoms with Crippen LogP contribution in [0.1, 0.15) is 21.7 Å². The van der Waals surface area contributed by atoms with Crippen molar-refractivity contribution < 1.29 is 27.8 Å². The molecule has 0 amide bonds. The van der Waals surface area contributed by atoms with Crippen LogP contribution >= 0.6 is 11.3 Å². The van der Waals surface area contributed by atoms with Crippen LogP contribution in [-0.2, 0) is 17.6 Å². The van der Waals surface area contributed by atoms with E-state index in [0.717, 1.165) is 22.7 Å². The van der Waals surface area contributed by atoms with E-state index >= 15 is 0 Å². The molecule has 2 aromatic carbocycles. The minimum absolute atomic E-state index is 0.214. The van der Waals surface area contributed by atoms with E-state index in [2.05, 4.69) is 16.9 Å². The Kier molecular flexibility index (Phi) is 6.65. The van der Waals surface area contributed by atoms with E-state index in [1.807, 2.05) is 6.92 Å². The normalized spacial score (nSPS) is 11.2. The van der Waals surface area contributed by atoms with Crippen LogP contribution in [0.25, 0.3) is 16.6 Å². The minimum atomic E-state index is -4.38. The monoisotopic (exact) mass is 448 g/mol. The van der Waals surface area contributed by atoms with Gasteiger partial charge in [-0.15, -0.1) is 11.3 Å². The van der Waals surface area contributed by atoms with Gasteiger partial charge in [0.25, 0.3) is 0 Å². The first kappa shape index (κ1) is 22.4. The molecule has 0 aliphatic heterocycles. The molecule has 3 aromatic rings. The Morgan fingerprint density at radius 1 is 1.26 bits per heavy atom. The van der Waals surface area contributed by atoms with Crippen LogP contribution in [0.2, 0.25) is 0 Å². The molecule has 0 unspecified atom stereocenters. The Hall–Kier alpha value is -3.33. The topological polar surface area (TPSA) is 71.5 Å². The van der Waals surface area contributed by atoms with Gasteiger partial charge in [-0.05, 0) is 37.3 Å². The van der Waals surface area contributed by atoms with Gasteiger partial charge in [0, 0.05) is 16.8 Å². The number of benzene rings is 2. The van der Waals surface area contributed by atoms with Crippen molar-refractivity contribution in [1.82, 2.24) is 4.98 Å². The molecule has 162 valence electrons. The number of aliphatic carboxylic acids is 1. The van der Waals surface area contributed by atoms with Gasteiger partial charge in [0.05, 0.1) is 16.1 Å². The zero-order valence-corrected chi connectivity index (χ0v) is 17.3. The van der Waals surface area contributed by atoms with Crippen LogP contribution in [0.15, 0.2) is 49.0 Å². The van der Waals surface area contributed by atoms with Gasteiger partial charge in [-0.25, -0.2) is 4.98 Å². The number of ether oxygens (including phenoxy) is 1. The summed E-state index contributed by atoms with van der Waals surface area (Å²) in [5.74, 6) is -0.403. The number of anilines is 1. The van der Waals surface area contributed by atoms with Crippen molar-refractivity contribution in [2.45, 2.75) is 19.7 Å². The molecule has 2 N–H and O–H groups in total. The third-order valence-corrected chi connectivity index (χ3v) is 5.57. The average molecular weight is 448 g/mol. The molecule has 0 atom stereocenters. The predicted molar refractivity (Wildman–Crippen MR) is 114 cm³/mol. The Bertz CT molecular complexity index is 1090. The van der Waals surface area contributed by atoms with Crippen molar-refractivity contribution >= 4 is 29.1 Å². The van der Waals surface area contributed by atoms with E-state index in [0.29, 0.717) is 27.6 Å². The Labute approximate surface area is 180 Å². The van der Waals surface area contributed by atoms with Gasteiger partial charge in [0.2, 0.25) is 0 Å². The molecule has 31 heavy (non-hydrogen) atoms. The summed E-state index contributed by atoms with van der Waals surface area (Å²) in [6.07, 6.45) is -2.78. The van der Waals surface area contributed by atoms with E-state index in [4.69, 9.17) is 9.84 Å². The fourth-order valence-electron chi connectivity index (χ4n) is 2.77. The van der Waals surface area contributed by atoms with E-state index in [1.54, 1.807) is 24.3 Å². The van der Waals surface area contributed by atoms with Crippen LogP contribution in [0, 0.1) is 6.92 Å². The molecule has 0 bridgehead atoms.